The number of hydrogen-bond donors (Lipinski definition) is 5. The molecule has 35 heteroatoms. The summed E-state index contributed by atoms with van der Waals surface area (Å²) >= 11 is 0. The first kappa shape index (κ1) is 128. The predicted molar refractivity (Wildman–Crippen MR) is 523 cm³/mol. The third kappa shape index (κ3) is 66.3. The number of aliphatic hydroxyl groups is 1. The van der Waals surface area contributed by atoms with Crippen LogP contribution in [0.3, 0.4) is 0 Å². The Bertz CT molecular complexity index is 3280. The van der Waals surface area contributed by atoms with E-state index in [1.165, 1.54) is 0 Å². The van der Waals surface area contributed by atoms with Crippen molar-refractivity contribution >= 4 is 63.7 Å². The fraction of sp³-hybridized carbons (Fsp3) is 0.780. The van der Waals surface area contributed by atoms with Gasteiger partial charge in [-0.2, -0.15) is 5.26 Å². The van der Waals surface area contributed by atoms with Crippen molar-refractivity contribution in [3.63, 3.8) is 0 Å². The van der Waals surface area contributed by atoms with Crippen LogP contribution in [0.2, 0.25) is 0 Å². The summed E-state index contributed by atoms with van der Waals surface area (Å²) in [5.41, 5.74) is -1.60. The van der Waals surface area contributed by atoms with Crippen LogP contribution in [0.25, 0.3) is 4.85 Å². The first-order chi connectivity index (χ1) is 64.9. The van der Waals surface area contributed by atoms with Crippen LogP contribution < -0.4 is 21.3 Å². The van der Waals surface area contributed by atoms with Crippen molar-refractivity contribution in [2.24, 2.45) is 22.7 Å². The molecule has 0 aromatic heterocycles. The molecule has 2 aliphatic carbocycles. The average Bonchev–Trinajstić information content (AvgIpc) is 0.778. The predicted octanol–water partition coefficient (Wildman–Crippen LogP) is 10.9. The smallest absolute Gasteiger partial charge is 0.259 e. The number of hydrogen-bond acceptors (Lipinski definition) is 28. The Kier molecular flexibility index (Phi) is 79.6. The Morgan fingerprint density at radius 2 is 0.667 bits per heavy atom. The number of amides is 4. The molecule has 0 spiro atoms. The Balaban J connectivity index is 0.00000224. The van der Waals surface area contributed by atoms with Gasteiger partial charge >= 0.3 is 0 Å². The van der Waals surface area contributed by atoms with E-state index in [2.05, 4.69) is 165 Å². The van der Waals surface area contributed by atoms with Crippen LogP contribution in [0.1, 0.15) is 231 Å². The summed E-state index contributed by atoms with van der Waals surface area (Å²) in [5.74, 6) is 12.8. The maximum atomic E-state index is 14.3. The first-order valence-electron chi connectivity index (χ1n) is 47.8. The summed E-state index contributed by atoms with van der Waals surface area (Å²) < 4.78 is 89.9. The number of nitrogens with one attached hydrogen (secondary N) is 4. The fourth-order valence-corrected chi connectivity index (χ4v) is 18.8. The van der Waals surface area contributed by atoms with Gasteiger partial charge in [0.25, 0.3) is 8.53 Å². The van der Waals surface area contributed by atoms with Crippen molar-refractivity contribution in [2.45, 2.75) is 279 Å². The van der Waals surface area contributed by atoms with E-state index in [1.807, 2.05) is 0 Å². The number of nitrogens with zero attached hydrogens (tertiary/aromatic N) is 5. The molecule has 4 amide bonds. The van der Waals surface area contributed by atoms with Gasteiger partial charge in [-0.15, -0.1) is 38.5 Å². The molecule has 2 rings (SSSR count). The Morgan fingerprint density at radius 3 is 0.941 bits per heavy atom. The maximum Gasteiger partial charge on any atom is 0.259 e. The number of carbonyl (C=O) groups is 8. The van der Waals surface area contributed by atoms with Gasteiger partial charge in [0.05, 0.1) is 137 Å². The number of nitriles is 1. The highest BCUT2D eigenvalue weighted by Gasteiger charge is 2.44. The largest absolute Gasteiger partial charge is 0.393 e. The van der Waals surface area contributed by atoms with E-state index in [-0.39, 0.29) is 253 Å². The van der Waals surface area contributed by atoms with Gasteiger partial charge in [0.1, 0.15) is 69.4 Å². The van der Waals surface area contributed by atoms with Crippen molar-refractivity contribution in [2.75, 3.05) is 205 Å². The van der Waals surface area contributed by atoms with Crippen LogP contribution in [0.5, 0.6) is 0 Å². The first-order valence-corrected chi connectivity index (χ1v) is 50.1. The van der Waals surface area contributed by atoms with E-state index in [1.54, 1.807) is 0 Å². The Morgan fingerprint density at radius 1 is 0.385 bits per heavy atom. The summed E-state index contributed by atoms with van der Waals surface area (Å²) in [6.07, 6.45) is 36.8. The molecule has 135 heavy (non-hydrogen) atoms. The molecule has 5 N–H and O–H groups in total. The molecule has 764 valence electrons. The van der Waals surface area contributed by atoms with E-state index >= 15 is 0 Å². The van der Waals surface area contributed by atoms with Crippen molar-refractivity contribution in [1.29, 1.82) is 5.26 Å². The lowest BCUT2D eigenvalue weighted by molar-refractivity contribution is -0.134. The molecule has 0 bridgehead atoms. The molecule has 0 aromatic rings. The van der Waals surface area contributed by atoms with Gasteiger partial charge in [-0.05, 0) is 171 Å². The lowest BCUT2D eigenvalue weighted by Gasteiger charge is -2.45. The SMILES string of the molecule is C#CCOCCOCCCC(=O)CCC(CCC(=O)NCCOCCOCC#C)(CCC(=O)NCCOCCOCC#C)CC(=O)C1CC(O)C1.C#CCOCCOCCCC(=O)CCC(CCC(=O)NCCOCCOCC#C)(CCC(=O)NCCOCCOCC#C)CC(=O)C1CC(OP(OCCC#N)N(C(C)C)C(C)C)C1.[C-]#[N+]CCOP(N(C(C)C)C(C)C)N(C(C)C)C(C)C. The molecule has 2 saturated carbocycles. The fourth-order valence-electron chi connectivity index (χ4n) is 14.7. The van der Waals surface area contributed by atoms with E-state index in [9.17, 15) is 43.5 Å². The Labute approximate surface area is 812 Å². The molecule has 0 aliphatic heterocycles. The van der Waals surface area contributed by atoms with Gasteiger partial charge < -0.3 is 102 Å². The van der Waals surface area contributed by atoms with Gasteiger partial charge in [0.2, 0.25) is 30.2 Å². The molecule has 1 atom stereocenters. The summed E-state index contributed by atoms with van der Waals surface area (Å²) in [4.78, 5) is 110. The average molecular weight is 1940 g/mol. The number of Topliss-reactive ketones (excluding diaryl/α,β-unsaturated/α-hetero) is 4. The van der Waals surface area contributed by atoms with Crippen LogP contribution >= 0.6 is 17.0 Å². The molecule has 0 saturated heterocycles. The van der Waals surface area contributed by atoms with Crippen molar-refractivity contribution in [1.82, 2.24) is 35.3 Å². The van der Waals surface area contributed by atoms with E-state index in [0.717, 1.165) is 0 Å². The van der Waals surface area contributed by atoms with E-state index in [0.29, 0.717) is 200 Å². The second-order valence-corrected chi connectivity index (χ2v) is 37.6. The van der Waals surface area contributed by atoms with Crippen LogP contribution in [0, 0.1) is 115 Å². The van der Waals surface area contributed by atoms with Gasteiger partial charge in [-0.1, -0.05) is 35.5 Å². The van der Waals surface area contributed by atoms with Crippen LogP contribution in [-0.2, 0) is 109 Å². The van der Waals surface area contributed by atoms with Crippen molar-refractivity contribution < 1.29 is 114 Å². The summed E-state index contributed by atoms with van der Waals surface area (Å²) in [6, 6.07) is 4.08. The Hall–Kier alpha value is -7.00. The highest BCUT2D eigenvalue weighted by atomic mass is 31.2. The van der Waals surface area contributed by atoms with Gasteiger partial charge in [0.15, 0.2) is 8.45 Å². The van der Waals surface area contributed by atoms with Gasteiger partial charge in [-0.3, -0.25) is 38.4 Å². The number of ether oxygens (including phenoxy) is 12. The van der Waals surface area contributed by atoms with Gasteiger partial charge in [-0.25, -0.2) is 20.6 Å². The minimum atomic E-state index is -1.47. The number of rotatable bonds is 85. The normalized spacial score (nSPS) is 14.8. The molecule has 2 aliphatic rings. The molecule has 2 fully saturated rings. The topological polar surface area (TPSA) is 381 Å². The number of aliphatic hydroxyl groups excluding tert-OH is 1. The number of terminal acetylenes is 6. The molecule has 33 nitrogen and oxygen atoms in total. The number of ketones is 4. The third-order valence-electron chi connectivity index (χ3n) is 21.5. The van der Waals surface area contributed by atoms with E-state index in [4.69, 9.17) is 121 Å². The summed E-state index contributed by atoms with van der Waals surface area (Å²) in [7, 11) is -2.30. The highest BCUT2D eigenvalue weighted by Crippen LogP contribution is 2.53. The monoisotopic (exact) mass is 1940 g/mol. The minimum absolute atomic E-state index is 0.00590. The second-order valence-electron chi connectivity index (χ2n) is 34.6. The van der Waals surface area contributed by atoms with Crippen molar-refractivity contribution in [3.05, 3.63) is 11.4 Å². The lowest BCUT2D eigenvalue weighted by atomic mass is 9.67. The van der Waals surface area contributed by atoms with Crippen LogP contribution in [0.4, 0.5) is 0 Å². The zero-order valence-corrected chi connectivity index (χ0v) is 85.2. The highest BCUT2D eigenvalue weighted by molar-refractivity contribution is 7.47. The molecule has 0 heterocycles. The quantitative estimate of drug-likeness (QED) is 0.0163. The zero-order valence-electron chi connectivity index (χ0n) is 83.4. The molecular weight excluding hydrogens is 1770 g/mol. The summed E-state index contributed by atoms with van der Waals surface area (Å²) in [6.45, 7) is 42.5. The standard InChI is InChI=1S/C47H75N4O12P.C38H58N2O11.C15H32N3OP/c1-8-23-56-30-33-59-26-11-13-42(52)14-17-47(18-15-45(54)49-21-28-60-34-31-57-24-9-2,19-16-46(55)50-22-29-61-35-32-58-25-10-3)38-44(53)41-36-43(37-41)63-64(62-27-12-20-48)51(39(4)5)40(6)7;1-4-17-46-23-26-49-20-7-8-33(41)9-12-38(31-35(43)32-29-34(42)30-32,13-10-36(44)39-15-21-50-27-24-47-18-5-2)14-11-37(45)40-16-22-51-28-25-48-19-6-3;1-12(2)17(13(3)4)20(19-11-10-16-9)18(14(5)6)15(7)8/h1-3,39-41,43H,11-19,21-38H2,4-7H3,(H,49,54)(H,50,55);1-3,32,34,42H,7-31H2,(H,39,44)(H,40,45);12-15H,10-11H2,1-8H3. The zero-order chi connectivity index (χ0) is 101. The third-order valence-corrected chi connectivity index (χ3v) is 26.8. The second kappa shape index (κ2) is 83.9. The minimum Gasteiger partial charge on any atom is -0.393 e. The summed E-state index contributed by atoms with van der Waals surface area (Å²) in [5, 5.41) is 30.4. The molecule has 0 radical (unpaired) electrons. The number of carbonyl (C=O) groups excluding carboxylic acids is 8. The van der Waals surface area contributed by atoms with E-state index < -0.39 is 33.9 Å². The lowest BCUT2D eigenvalue weighted by Crippen LogP contribution is -2.43. The van der Waals surface area contributed by atoms with Crippen LogP contribution in [-0.4, -0.2) is 319 Å². The molecule has 0 aromatic carbocycles. The van der Waals surface area contributed by atoms with Crippen molar-refractivity contribution in [3.8, 4) is 80.1 Å². The van der Waals surface area contributed by atoms with Gasteiger partial charge in [0, 0.05) is 152 Å². The molecular formula is C100H165N9O24P2. The maximum absolute atomic E-state index is 14.3. The van der Waals surface area contributed by atoms with Crippen LogP contribution in [0.15, 0.2) is 0 Å². The molecule has 1 unspecified atom stereocenters.